The average Bonchev–Trinajstić information content (AvgIpc) is 3.01. The fourth-order valence-electron chi connectivity index (χ4n) is 3.31. The van der Waals surface area contributed by atoms with Crippen LogP contribution in [0.25, 0.3) is 0 Å². The maximum atomic E-state index is 12.4. The van der Waals surface area contributed by atoms with Gasteiger partial charge in [-0.05, 0) is 31.2 Å². The molecule has 6 heteroatoms. The molecule has 2 aliphatic heterocycles. The molecule has 0 aromatic heterocycles. The Morgan fingerprint density at radius 1 is 1.12 bits per heavy atom. The minimum absolute atomic E-state index is 0.0174. The van der Waals surface area contributed by atoms with Crippen LogP contribution in [0.1, 0.15) is 22.3 Å². The first-order chi connectivity index (χ1) is 12.6. The highest BCUT2D eigenvalue weighted by atomic mass is 16.6. The summed E-state index contributed by atoms with van der Waals surface area (Å²) in [6.45, 7) is 3.41. The molecule has 1 atom stereocenters. The van der Waals surface area contributed by atoms with Crippen molar-refractivity contribution in [1.82, 2.24) is 5.32 Å². The van der Waals surface area contributed by atoms with Gasteiger partial charge >= 0.3 is 0 Å². The number of hydrogen-bond donors (Lipinski definition) is 1. The number of aryl methyl sites for hydroxylation is 1. The van der Waals surface area contributed by atoms with Crippen LogP contribution in [0.5, 0.6) is 11.5 Å². The number of carbonyl (C=O) groups is 2. The third-order valence-electron chi connectivity index (χ3n) is 4.58. The lowest BCUT2D eigenvalue weighted by Gasteiger charge is -2.22. The molecule has 1 unspecified atom stereocenters. The normalized spacial score (nSPS) is 18.7. The van der Waals surface area contributed by atoms with E-state index in [2.05, 4.69) is 5.32 Å². The second-order valence-corrected chi connectivity index (χ2v) is 6.58. The number of anilines is 1. The lowest BCUT2D eigenvalue weighted by molar-refractivity contribution is -0.117. The number of ether oxygens (including phenoxy) is 2. The zero-order chi connectivity index (χ0) is 18.1. The Morgan fingerprint density at radius 3 is 2.73 bits per heavy atom. The van der Waals surface area contributed by atoms with Crippen molar-refractivity contribution in [2.75, 3.05) is 24.7 Å². The number of rotatable bonds is 3. The Kier molecular flexibility index (Phi) is 4.24. The van der Waals surface area contributed by atoms with Crippen LogP contribution in [0.3, 0.4) is 0 Å². The van der Waals surface area contributed by atoms with Crippen molar-refractivity contribution < 1.29 is 19.1 Å². The molecule has 1 saturated heterocycles. The summed E-state index contributed by atoms with van der Waals surface area (Å²) < 4.78 is 11.1. The highest BCUT2D eigenvalue weighted by Gasteiger charge is 2.32. The summed E-state index contributed by atoms with van der Waals surface area (Å²) in [5, 5.41) is 2.96. The minimum Gasteiger partial charge on any atom is -0.486 e. The molecule has 0 radical (unpaired) electrons. The molecule has 0 bridgehead atoms. The Bertz CT molecular complexity index is 865. The molecule has 0 aliphatic carbocycles. The smallest absolute Gasteiger partial charge is 0.251 e. The van der Waals surface area contributed by atoms with Gasteiger partial charge in [0.25, 0.3) is 5.91 Å². The van der Waals surface area contributed by atoms with E-state index in [1.54, 1.807) is 11.0 Å². The van der Waals surface area contributed by atoms with Crippen LogP contribution in [0.4, 0.5) is 5.69 Å². The molecule has 2 amide bonds. The van der Waals surface area contributed by atoms with Crippen LogP contribution in [0, 0.1) is 6.92 Å². The third kappa shape index (κ3) is 3.22. The summed E-state index contributed by atoms with van der Waals surface area (Å²) in [5.41, 5.74) is 2.39. The number of amides is 2. The first-order valence-electron chi connectivity index (χ1n) is 8.68. The number of nitrogens with zero attached hydrogens (tertiary/aromatic N) is 1. The fourth-order valence-corrected chi connectivity index (χ4v) is 3.31. The predicted molar refractivity (Wildman–Crippen MR) is 96.8 cm³/mol. The van der Waals surface area contributed by atoms with Gasteiger partial charge in [0.05, 0.1) is 6.04 Å². The van der Waals surface area contributed by atoms with E-state index >= 15 is 0 Å². The van der Waals surface area contributed by atoms with Crippen LogP contribution in [0.15, 0.2) is 42.5 Å². The SMILES string of the molecule is Cc1cccc(C(=O)NC2CC(=O)N(c3ccc4c(c3)OCCO4)C2)c1. The van der Waals surface area contributed by atoms with Gasteiger partial charge in [0.15, 0.2) is 11.5 Å². The van der Waals surface area contributed by atoms with Crippen LogP contribution in [0.2, 0.25) is 0 Å². The molecule has 1 N–H and O–H groups in total. The molecular formula is C20H20N2O4. The molecule has 2 aliphatic rings. The van der Waals surface area contributed by atoms with Crippen molar-refractivity contribution in [2.45, 2.75) is 19.4 Å². The molecule has 1 fully saturated rings. The van der Waals surface area contributed by atoms with E-state index in [1.807, 2.05) is 43.3 Å². The fraction of sp³-hybridized carbons (Fsp3) is 0.300. The van der Waals surface area contributed by atoms with Gasteiger partial charge in [0, 0.05) is 30.3 Å². The van der Waals surface area contributed by atoms with Gasteiger partial charge in [-0.1, -0.05) is 17.7 Å². The van der Waals surface area contributed by atoms with Gasteiger partial charge in [0.1, 0.15) is 13.2 Å². The minimum atomic E-state index is -0.219. The summed E-state index contributed by atoms with van der Waals surface area (Å²) >= 11 is 0. The van der Waals surface area contributed by atoms with Gasteiger partial charge < -0.3 is 19.7 Å². The number of nitrogens with one attached hydrogen (secondary N) is 1. The molecule has 0 spiro atoms. The first kappa shape index (κ1) is 16.4. The van der Waals surface area contributed by atoms with E-state index in [9.17, 15) is 9.59 Å². The Labute approximate surface area is 151 Å². The van der Waals surface area contributed by atoms with Crippen molar-refractivity contribution in [3.63, 3.8) is 0 Å². The summed E-state index contributed by atoms with van der Waals surface area (Å²) in [5.74, 6) is 1.16. The molecule has 0 saturated carbocycles. The van der Waals surface area contributed by atoms with E-state index in [4.69, 9.17) is 9.47 Å². The second-order valence-electron chi connectivity index (χ2n) is 6.58. The van der Waals surface area contributed by atoms with Gasteiger partial charge in [-0.2, -0.15) is 0 Å². The largest absolute Gasteiger partial charge is 0.486 e. The summed E-state index contributed by atoms with van der Waals surface area (Å²) in [6.07, 6.45) is 0.284. The molecule has 2 aromatic rings. The number of benzene rings is 2. The van der Waals surface area contributed by atoms with Gasteiger partial charge in [-0.25, -0.2) is 0 Å². The van der Waals surface area contributed by atoms with Crippen molar-refractivity contribution >= 4 is 17.5 Å². The van der Waals surface area contributed by atoms with E-state index in [0.717, 1.165) is 11.3 Å². The monoisotopic (exact) mass is 352 g/mol. The lowest BCUT2D eigenvalue weighted by Crippen LogP contribution is -2.37. The number of fused-ring (bicyclic) bond motifs is 1. The van der Waals surface area contributed by atoms with Gasteiger partial charge in [0.2, 0.25) is 5.91 Å². The Morgan fingerprint density at radius 2 is 1.92 bits per heavy atom. The van der Waals surface area contributed by atoms with Crippen molar-refractivity contribution in [3.8, 4) is 11.5 Å². The maximum absolute atomic E-state index is 12.4. The van der Waals surface area contributed by atoms with E-state index < -0.39 is 0 Å². The Balaban J connectivity index is 1.46. The summed E-state index contributed by atoms with van der Waals surface area (Å²) in [6, 6.07) is 12.7. The quantitative estimate of drug-likeness (QED) is 0.920. The number of hydrogen-bond acceptors (Lipinski definition) is 4. The van der Waals surface area contributed by atoms with Crippen LogP contribution < -0.4 is 19.7 Å². The molecule has 134 valence electrons. The van der Waals surface area contributed by atoms with Crippen LogP contribution >= 0.6 is 0 Å². The van der Waals surface area contributed by atoms with Crippen molar-refractivity contribution in [3.05, 3.63) is 53.6 Å². The van der Waals surface area contributed by atoms with E-state index in [-0.39, 0.29) is 24.3 Å². The van der Waals surface area contributed by atoms with Crippen LogP contribution in [-0.2, 0) is 4.79 Å². The average molecular weight is 352 g/mol. The van der Waals surface area contributed by atoms with Crippen LogP contribution in [-0.4, -0.2) is 37.6 Å². The highest BCUT2D eigenvalue weighted by molar-refractivity contribution is 5.99. The molecular weight excluding hydrogens is 332 g/mol. The maximum Gasteiger partial charge on any atom is 0.251 e. The zero-order valence-electron chi connectivity index (χ0n) is 14.5. The molecule has 2 heterocycles. The van der Waals surface area contributed by atoms with Gasteiger partial charge in [-0.15, -0.1) is 0 Å². The van der Waals surface area contributed by atoms with Gasteiger partial charge in [-0.3, -0.25) is 9.59 Å². The van der Waals surface area contributed by atoms with Crippen molar-refractivity contribution in [1.29, 1.82) is 0 Å². The Hall–Kier alpha value is -3.02. The molecule has 26 heavy (non-hydrogen) atoms. The third-order valence-corrected chi connectivity index (χ3v) is 4.58. The second kappa shape index (κ2) is 6.71. The highest BCUT2D eigenvalue weighted by Crippen LogP contribution is 2.35. The van der Waals surface area contributed by atoms with Crippen molar-refractivity contribution in [2.24, 2.45) is 0 Å². The van der Waals surface area contributed by atoms with E-state index in [0.29, 0.717) is 36.8 Å². The molecule has 4 rings (SSSR count). The predicted octanol–water partition coefficient (Wildman–Crippen LogP) is 2.30. The first-order valence-corrected chi connectivity index (χ1v) is 8.68. The summed E-state index contributed by atoms with van der Waals surface area (Å²) in [4.78, 5) is 26.5. The summed E-state index contributed by atoms with van der Waals surface area (Å²) in [7, 11) is 0. The molecule has 2 aromatic carbocycles. The lowest BCUT2D eigenvalue weighted by atomic mass is 10.1. The molecule has 6 nitrogen and oxygen atoms in total. The standard InChI is InChI=1S/C20H20N2O4/c1-13-3-2-4-14(9-13)20(24)21-15-10-19(23)22(12-15)16-5-6-17-18(11-16)26-8-7-25-17/h2-6,9,11,15H,7-8,10,12H2,1H3,(H,21,24). The van der Waals surface area contributed by atoms with E-state index in [1.165, 1.54) is 0 Å². The zero-order valence-corrected chi connectivity index (χ0v) is 14.5. The topological polar surface area (TPSA) is 67.9 Å². The number of carbonyl (C=O) groups excluding carboxylic acids is 2.